The molecule has 2 aliphatic rings. The van der Waals surface area contributed by atoms with Crippen LogP contribution in [0, 0.1) is 11.7 Å². The molecule has 17 heavy (non-hydrogen) atoms. The Hall–Kier alpha value is -1.97. The molecule has 1 amide bonds. The number of hydrogen-bond donors (Lipinski definition) is 1. The molecule has 3 nitrogen and oxygen atoms in total. The lowest BCUT2D eigenvalue weighted by Crippen LogP contribution is -2.25. The zero-order valence-electron chi connectivity index (χ0n) is 9.11. The predicted molar refractivity (Wildman–Crippen MR) is 62.7 cm³/mol. The Kier molecular flexibility index (Phi) is 2.28. The highest BCUT2D eigenvalue weighted by Gasteiger charge is 2.33. The molecule has 0 aromatic heterocycles. The third-order valence-corrected chi connectivity index (χ3v) is 2.88. The van der Waals surface area contributed by atoms with Crippen molar-refractivity contribution in [3.63, 3.8) is 0 Å². The van der Waals surface area contributed by atoms with E-state index in [0.717, 1.165) is 18.7 Å². The van der Waals surface area contributed by atoms with E-state index in [0.29, 0.717) is 11.5 Å². The lowest BCUT2D eigenvalue weighted by molar-refractivity contribution is -0.115. The molecule has 1 aliphatic heterocycles. The van der Waals surface area contributed by atoms with E-state index in [1.165, 1.54) is 12.1 Å². The van der Waals surface area contributed by atoms with E-state index in [9.17, 15) is 9.18 Å². The third kappa shape index (κ3) is 1.98. The Labute approximate surface area is 98.1 Å². The van der Waals surface area contributed by atoms with E-state index in [-0.39, 0.29) is 17.4 Å². The maximum atomic E-state index is 13.4. The molecule has 1 fully saturated rings. The first-order valence-corrected chi connectivity index (χ1v) is 5.60. The summed E-state index contributed by atoms with van der Waals surface area (Å²) in [7, 11) is 0. The lowest BCUT2D eigenvalue weighted by Gasteiger charge is -1.96. The van der Waals surface area contributed by atoms with Gasteiger partial charge in [-0.1, -0.05) is 18.2 Å². The summed E-state index contributed by atoms with van der Waals surface area (Å²) >= 11 is 0. The fourth-order valence-corrected chi connectivity index (χ4v) is 1.78. The van der Waals surface area contributed by atoms with Crippen molar-refractivity contribution in [3.8, 4) is 0 Å². The molecule has 86 valence electrons. The fraction of sp³-hybridized carbons (Fsp3) is 0.231. The van der Waals surface area contributed by atoms with E-state index < -0.39 is 0 Å². The molecule has 0 bridgehead atoms. The average molecular weight is 230 g/mol. The monoisotopic (exact) mass is 230 g/mol. The molecule has 1 aliphatic carbocycles. The standard InChI is InChI=1S/C13H11FN2O/c14-10-4-2-1-3-9(10)7-11-13(17)16-12(15-11)8-5-6-8/h1-4,7-8H,5-6H2,(H,15,16,17)/b11-7-. The number of amides is 1. The molecule has 4 heteroatoms. The molecule has 1 heterocycles. The van der Waals surface area contributed by atoms with E-state index in [2.05, 4.69) is 10.3 Å². The molecule has 0 radical (unpaired) electrons. The van der Waals surface area contributed by atoms with Crippen LogP contribution in [-0.4, -0.2) is 11.7 Å². The predicted octanol–water partition coefficient (Wildman–Crippen LogP) is 2.10. The second-order valence-corrected chi connectivity index (χ2v) is 4.28. The Morgan fingerprint density at radius 3 is 2.82 bits per heavy atom. The van der Waals surface area contributed by atoms with Crippen LogP contribution in [-0.2, 0) is 4.79 Å². The maximum Gasteiger partial charge on any atom is 0.275 e. The van der Waals surface area contributed by atoms with Gasteiger partial charge in [-0.05, 0) is 25.0 Å². The number of rotatable bonds is 2. The van der Waals surface area contributed by atoms with Crippen LogP contribution in [0.4, 0.5) is 4.39 Å². The molecule has 1 aromatic carbocycles. The number of carbonyl (C=O) groups is 1. The van der Waals surface area contributed by atoms with Crippen molar-refractivity contribution in [2.75, 3.05) is 0 Å². The van der Waals surface area contributed by atoms with E-state index in [4.69, 9.17) is 0 Å². The number of halogens is 1. The van der Waals surface area contributed by atoms with Crippen molar-refractivity contribution >= 4 is 17.8 Å². The third-order valence-electron chi connectivity index (χ3n) is 2.88. The molecule has 1 aromatic rings. The first kappa shape index (κ1) is 10.2. The van der Waals surface area contributed by atoms with Crippen LogP contribution in [0.15, 0.2) is 35.0 Å². The van der Waals surface area contributed by atoms with Crippen molar-refractivity contribution in [1.29, 1.82) is 0 Å². The Morgan fingerprint density at radius 1 is 1.35 bits per heavy atom. The minimum atomic E-state index is -0.345. The van der Waals surface area contributed by atoms with Gasteiger partial charge in [-0.15, -0.1) is 0 Å². The van der Waals surface area contributed by atoms with Crippen molar-refractivity contribution in [2.24, 2.45) is 10.9 Å². The van der Waals surface area contributed by atoms with Gasteiger partial charge in [0.1, 0.15) is 17.3 Å². The largest absolute Gasteiger partial charge is 0.308 e. The van der Waals surface area contributed by atoms with Gasteiger partial charge in [-0.2, -0.15) is 0 Å². The van der Waals surface area contributed by atoms with Gasteiger partial charge in [0.2, 0.25) is 0 Å². The van der Waals surface area contributed by atoms with Crippen LogP contribution in [0.25, 0.3) is 6.08 Å². The summed E-state index contributed by atoms with van der Waals surface area (Å²) in [4.78, 5) is 15.8. The maximum absolute atomic E-state index is 13.4. The van der Waals surface area contributed by atoms with Crippen LogP contribution in [0.2, 0.25) is 0 Å². The molecular weight excluding hydrogens is 219 g/mol. The Balaban J connectivity index is 1.93. The normalized spacial score (nSPS) is 21.6. The molecule has 1 saturated carbocycles. The molecule has 0 atom stereocenters. The molecular formula is C13H11FN2O. The quantitative estimate of drug-likeness (QED) is 0.777. The highest BCUT2D eigenvalue weighted by molar-refractivity contribution is 6.15. The van der Waals surface area contributed by atoms with Gasteiger partial charge in [-0.3, -0.25) is 4.79 Å². The zero-order chi connectivity index (χ0) is 11.8. The molecule has 1 N–H and O–H groups in total. The number of carbonyl (C=O) groups excluding carboxylic acids is 1. The number of nitrogens with one attached hydrogen (secondary N) is 1. The van der Waals surface area contributed by atoms with Crippen molar-refractivity contribution in [1.82, 2.24) is 5.32 Å². The summed E-state index contributed by atoms with van der Waals surface area (Å²) in [5.41, 5.74) is 0.676. The summed E-state index contributed by atoms with van der Waals surface area (Å²) in [6, 6.07) is 6.34. The minimum Gasteiger partial charge on any atom is -0.308 e. The zero-order valence-corrected chi connectivity index (χ0v) is 9.11. The number of nitrogens with zero attached hydrogens (tertiary/aromatic N) is 1. The van der Waals surface area contributed by atoms with Crippen LogP contribution in [0.1, 0.15) is 18.4 Å². The first-order chi connectivity index (χ1) is 8.24. The summed E-state index contributed by atoms with van der Waals surface area (Å²) < 4.78 is 13.4. The van der Waals surface area contributed by atoms with Crippen LogP contribution >= 0.6 is 0 Å². The number of aliphatic imine (C=N–C) groups is 1. The Bertz CT molecular complexity index is 544. The van der Waals surface area contributed by atoms with E-state index >= 15 is 0 Å². The number of benzene rings is 1. The summed E-state index contributed by atoms with van der Waals surface area (Å²) in [5, 5.41) is 2.73. The van der Waals surface area contributed by atoms with Crippen molar-refractivity contribution in [3.05, 3.63) is 41.3 Å². The van der Waals surface area contributed by atoms with Gasteiger partial charge in [-0.25, -0.2) is 9.38 Å². The molecule has 0 spiro atoms. The second kappa shape index (κ2) is 3.80. The highest BCUT2D eigenvalue weighted by atomic mass is 19.1. The average Bonchev–Trinajstić information content (AvgIpc) is 3.09. The molecule has 3 rings (SSSR count). The Morgan fingerprint density at radius 2 is 2.12 bits per heavy atom. The van der Waals surface area contributed by atoms with E-state index in [1.54, 1.807) is 18.2 Å². The summed E-state index contributed by atoms with van der Waals surface area (Å²) in [5.74, 6) is 0.543. The smallest absolute Gasteiger partial charge is 0.275 e. The van der Waals surface area contributed by atoms with Crippen LogP contribution < -0.4 is 5.32 Å². The van der Waals surface area contributed by atoms with Gasteiger partial charge in [0.15, 0.2) is 0 Å². The van der Waals surface area contributed by atoms with Crippen molar-refractivity contribution < 1.29 is 9.18 Å². The van der Waals surface area contributed by atoms with Crippen LogP contribution in [0.3, 0.4) is 0 Å². The highest BCUT2D eigenvalue weighted by Crippen LogP contribution is 2.32. The van der Waals surface area contributed by atoms with Gasteiger partial charge in [0.25, 0.3) is 5.91 Å². The molecule has 0 saturated heterocycles. The second-order valence-electron chi connectivity index (χ2n) is 4.28. The van der Waals surface area contributed by atoms with Crippen LogP contribution in [0.5, 0.6) is 0 Å². The van der Waals surface area contributed by atoms with Gasteiger partial charge >= 0.3 is 0 Å². The minimum absolute atomic E-state index is 0.241. The van der Waals surface area contributed by atoms with Gasteiger partial charge in [0.05, 0.1) is 0 Å². The summed E-state index contributed by atoms with van der Waals surface area (Å²) in [6.07, 6.45) is 3.64. The van der Waals surface area contributed by atoms with Gasteiger partial charge < -0.3 is 5.32 Å². The SMILES string of the molecule is O=C1NC(C2CC2)=N/C1=C\c1ccccc1F. The summed E-state index contributed by atoms with van der Waals surface area (Å²) in [6.45, 7) is 0. The molecule has 0 unspecified atom stereocenters. The number of amidine groups is 1. The van der Waals surface area contributed by atoms with E-state index in [1.807, 2.05) is 0 Å². The topological polar surface area (TPSA) is 41.5 Å². The fourth-order valence-electron chi connectivity index (χ4n) is 1.78. The lowest BCUT2D eigenvalue weighted by atomic mass is 10.2. The first-order valence-electron chi connectivity index (χ1n) is 5.60. The number of hydrogen-bond acceptors (Lipinski definition) is 2. The van der Waals surface area contributed by atoms with Gasteiger partial charge in [0, 0.05) is 11.5 Å². The van der Waals surface area contributed by atoms with Crippen molar-refractivity contribution in [2.45, 2.75) is 12.8 Å².